The first-order valence-electron chi connectivity index (χ1n) is 11.6. The molecule has 1 saturated heterocycles. The standard InChI is InChI=1S/C28H24N2O6S2/c1-18-2-4-20(5-3-18)17-36-23-12-8-21(9-13-23)26(33)29-30-27(34)24(38-28(30)37)16-19-6-10-22(11-7-19)35-15-14-25(31)32/h2-13,16H,14-15,17H2,1H3,(H,29,33)(H,31,32)/b24-16+. The monoisotopic (exact) mass is 548 g/mol. The van der Waals surface area contributed by atoms with Gasteiger partial charge in [0.15, 0.2) is 4.32 Å². The molecule has 2 amide bonds. The SMILES string of the molecule is Cc1ccc(COc2ccc(C(=O)NN3C(=O)/C(=C\c4ccc(OCCC(=O)O)cc4)SC3=S)cc2)cc1. The summed E-state index contributed by atoms with van der Waals surface area (Å²) in [6.07, 6.45) is 1.56. The normalized spacial score (nSPS) is 14.0. The Morgan fingerprint density at radius 3 is 2.26 bits per heavy atom. The van der Waals surface area contributed by atoms with Crippen LogP contribution in [0.15, 0.2) is 77.7 Å². The number of aryl methyl sites for hydroxylation is 1. The van der Waals surface area contributed by atoms with Gasteiger partial charge in [0.2, 0.25) is 0 Å². The minimum absolute atomic E-state index is 0.0657. The number of nitrogens with zero attached hydrogens (tertiary/aromatic N) is 1. The number of thiocarbonyl (C=S) groups is 1. The Kier molecular flexibility index (Phi) is 8.77. The van der Waals surface area contributed by atoms with Crippen LogP contribution in [0, 0.1) is 6.92 Å². The predicted molar refractivity (Wildman–Crippen MR) is 149 cm³/mol. The highest BCUT2D eigenvalue weighted by Crippen LogP contribution is 2.32. The second-order valence-electron chi connectivity index (χ2n) is 8.32. The highest BCUT2D eigenvalue weighted by Gasteiger charge is 2.33. The van der Waals surface area contributed by atoms with Crippen molar-refractivity contribution in [3.05, 3.63) is 100.0 Å². The van der Waals surface area contributed by atoms with Crippen molar-refractivity contribution < 1.29 is 29.0 Å². The average Bonchev–Trinajstić information content (AvgIpc) is 3.16. The topological polar surface area (TPSA) is 105 Å². The summed E-state index contributed by atoms with van der Waals surface area (Å²) in [5.41, 5.74) is 5.86. The van der Waals surface area contributed by atoms with Gasteiger partial charge in [-0.15, -0.1) is 0 Å². The van der Waals surface area contributed by atoms with E-state index in [1.807, 2.05) is 31.2 Å². The number of carboxylic acid groups (broad SMARTS) is 1. The van der Waals surface area contributed by atoms with E-state index in [-0.39, 0.29) is 17.3 Å². The molecular formula is C28H24N2O6S2. The number of hydrazine groups is 1. The van der Waals surface area contributed by atoms with Gasteiger partial charge in [0, 0.05) is 5.56 Å². The molecule has 0 radical (unpaired) electrons. The fraction of sp³-hybridized carbons (Fsp3) is 0.143. The Balaban J connectivity index is 1.32. The number of carbonyl (C=O) groups is 3. The van der Waals surface area contributed by atoms with Gasteiger partial charge in [-0.25, -0.2) is 0 Å². The third-order valence-corrected chi connectivity index (χ3v) is 6.71. The fourth-order valence-corrected chi connectivity index (χ4v) is 4.53. The van der Waals surface area contributed by atoms with Crippen LogP contribution in [0.4, 0.5) is 0 Å². The number of rotatable bonds is 10. The molecule has 194 valence electrons. The van der Waals surface area contributed by atoms with Gasteiger partial charge < -0.3 is 14.6 Å². The lowest BCUT2D eigenvalue weighted by Crippen LogP contribution is -2.44. The van der Waals surface area contributed by atoms with Crippen molar-refractivity contribution in [2.75, 3.05) is 6.61 Å². The number of aliphatic carboxylic acids is 1. The lowest BCUT2D eigenvalue weighted by molar-refractivity contribution is -0.137. The van der Waals surface area contributed by atoms with E-state index in [1.54, 1.807) is 54.6 Å². The molecule has 0 aliphatic carbocycles. The van der Waals surface area contributed by atoms with Crippen molar-refractivity contribution in [3.63, 3.8) is 0 Å². The summed E-state index contributed by atoms with van der Waals surface area (Å²) in [4.78, 5) is 36.6. The molecule has 3 aromatic carbocycles. The number of carbonyl (C=O) groups excluding carboxylic acids is 2. The molecule has 1 aliphatic heterocycles. The molecule has 0 aromatic heterocycles. The van der Waals surface area contributed by atoms with Gasteiger partial charge in [-0.2, -0.15) is 5.01 Å². The third-order valence-electron chi connectivity index (χ3n) is 5.41. The Labute approximate surface area is 229 Å². The van der Waals surface area contributed by atoms with Crippen LogP contribution in [-0.2, 0) is 16.2 Å². The quantitative estimate of drug-likeness (QED) is 0.270. The molecule has 0 bridgehead atoms. The first-order chi connectivity index (χ1) is 18.3. The average molecular weight is 549 g/mol. The van der Waals surface area contributed by atoms with Crippen LogP contribution < -0.4 is 14.9 Å². The Bertz CT molecular complexity index is 1370. The maximum atomic E-state index is 12.9. The molecule has 0 unspecified atom stereocenters. The highest BCUT2D eigenvalue weighted by molar-refractivity contribution is 8.26. The van der Waals surface area contributed by atoms with Crippen LogP contribution in [-0.4, -0.2) is 38.8 Å². The van der Waals surface area contributed by atoms with Crippen molar-refractivity contribution in [2.24, 2.45) is 0 Å². The molecule has 1 aliphatic rings. The first kappa shape index (κ1) is 26.9. The van der Waals surface area contributed by atoms with E-state index in [0.717, 1.165) is 27.9 Å². The van der Waals surface area contributed by atoms with E-state index in [4.69, 9.17) is 26.8 Å². The Morgan fingerprint density at radius 2 is 1.61 bits per heavy atom. The molecule has 3 aromatic rings. The van der Waals surface area contributed by atoms with Gasteiger partial charge in [0.1, 0.15) is 18.1 Å². The van der Waals surface area contributed by atoms with Crippen LogP contribution in [0.1, 0.15) is 33.5 Å². The molecule has 0 saturated carbocycles. The van der Waals surface area contributed by atoms with E-state index in [9.17, 15) is 14.4 Å². The van der Waals surface area contributed by atoms with E-state index < -0.39 is 17.8 Å². The molecule has 8 nitrogen and oxygen atoms in total. The number of ether oxygens (including phenoxy) is 2. The summed E-state index contributed by atoms with van der Waals surface area (Å²) in [7, 11) is 0. The number of amides is 2. The van der Waals surface area contributed by atoms with Crippen LogP contribution >= 0.6 is 24.0 Å². The third kappa shape index (κ3) is 7.21. The minimum atomic E-state index is -0.935. The summed E-state index contributed by atoms with van der Waals surface area (Å²) in [5, 5.41) is 9.74. The van der Waals surface area contributed by atoms with Crippen LogP contribution in [0.5, 0.6) is 11.5 Å². The van der Waals surface area contributed by atoms with Crippen molar-refractivity contribution in [3.8, 4) is 11.5 Å². The van der Waals surface area contributed by atoms with Crippen LogP contribution in [0.2, 0.25) is 0 Å². The van der Waals surface area contributed by atoms with Gasteiger partial charge >= 0.3 is 5.97 Å². The van der Waals surface area contributed by atoms with Crippen molar-refractivity contribution >= 4 is 52.2 Å². The molecule has 1 heterocycles. The van der Waals surface area contributed by atoms with Gasteiger partial charge in [-0.05, 0) is 72.7 Å². The molecule has 1 fully saturated rings. The number of nitrogens with one attached hydrogen (secondary N) is 1. The Morgan fingerprint density at radius 1 is 0.974 bits per heavy atom. The lowest BCUT2D eigenvalue weighted by Gasteiger charge is -2.15. The first-order valence-corrected chi connectivity index (χ1v) is 12.8. The van der Waals surface area contributed by atoms with Gasteiger partial charge in [0.25, 0.3) is 11.8 Å². The van der Waals surface area contributed by atoms with Gasteiger partial charge in [-0.1, -0.05) is 53.7 Å². The highest BCUT2D eigenvalue weighted by atomic mass is 32.2. The smallest absolute Gasteiger partial charge is 0.306 e. The largest absolute Gasteiger partial charge is 0.493 e. The minimum Gasteiger partial charge on any atom is -0.493 e. The van der Waals surface area contributed by atoms with Crippen LogP contribution in [0.25, 0.3) is 6.08 Å². The van der Waals surface area contributed by atoms with E-state index in [0.29, 0.717) is 28.6 Å². The molecule has 4 rings (SSSR count). The zero-order chi connectivity index (χ0) is 27.1. The zero-order valence-corrected chi connectivity index (χ0v) is 22.0. The summed E-state index contributed by atoms with van der Waals surface area (Å²) in [6.45, 7) is 2.50. The lowest BCUT2D eigenvalue weighted by atomic mass is 10.2. The van der Waals surface area contributed by atoms with E-state index in [1.165, 1.54) is 5.56 Å². The number of hydrogen-bond acceptors (Lipinski definition) is 7. The summed E-state index contributed by atoms with van der Waals surface area (Å²) < 4.78 is 11.4. The fourth-order valence-electron chi connectivity index (χ4n) is 3.35. The van der Waals surface area contributed by atoms with Crippen molar-refractivity contribution in [1.29, 1.82) is 0 Å². The summed E-state index contributed by atoms with van der Waals surface area (Å²) in [5.74, 6) is -0.705. The molecule has 38 heavy (non-hydrogen) atoms. The summed E-state index contributed by atoms with van der Waals surface area (Å²) >= 11 is 6.38. The number of thioether (sulfide) groups is 1. The van der Waals surface area contributed by atoms with Gasteiger partial charge in [-0.3, -0.25) is 19.8 Å². The maximum Gasteiger partial charge on any atom is 0.306 e. The predicted octanol–water partition coefficient (Wildman–Crippen LogP) is 4.97. The molecule has 0 atom stereocenters. The van der Waals surface area contributed by atoms with E-state index >= 15 is 0 Å². The maximum absolute atomic E-state index is 12.9. The van der Waals surface area contributed by atoms with Gasteiger partial charge in [0.05, 0.1) is 17.9 Å². The summed E-state index contributed by atoms with van der Waals surface area (Å²) in [6, 6.07) is 21.5. The zero-order valence-electron chi connectivity index (χ0n) is 20.4. The van der Waals surface area contributed by atoms with E-state index in [2.05, 4.69) is 5.43 Å². The second-order valence-corrected chi connectivity index (χ2v) is 9.99. The van der Waals surface area contributed by atoms with Crippen LogP contribution in [0.3, 0.4) is 0 Å². The molecular weight excluding hydrogens is 524 g/mol. The molecule has 2 N–H and O–H groups in total. The number of benzene rings is 3. The number of carboxylic acids is 1. The molecule has 0 spiro atoms. The van der Waals surface area contributed by atoms with Crippen molar-refractivity contribution in [1.82, 2.24) is 10.4 Å². The number of hydrogen-bond donors (Lipinski definition) is 2. The Hall–Kier alpha value is -4.15. The van der Waals surface area contributed by atoms with Crippen molar-refractivity contribution in [2.45, 2.75) is 20.0 Å². The second kappa shape index (κ2) is 12.4. The molecule has 10 heteroatoms.